The molecule has 3 atom stereocenters. The van der Waals surface area contributed by atoms with E-state index in [1.54, 1.807) is 80.6 Å². The second-order valence-electron chi connectivity index (χ2n) is 9.09. The lowest BCUT2D eigenvalue weighted by atomic mass is 9.68. The Morgan fingerprint density at radius 2 is 1.61 bits per heavy atom. The van der Waals surface area contributed by atoms with E-state index in [9.17, 15) is 19.5 Å². The van der Waals surface area contributed by atoms with E-state index in [4.69, 9.17) is 14.2 Å². The third-order valence-corrected chi connectivity index (χ3v) is 7.55. The predicted octanol–water partition coefficient (Wildman–Crippen LogP) is 4.46. The molecule has 0 amide bonds. The molecule has 3 aromatic carbocycles. The summed E-state index contributed by atoms with van der Waals surface area (Å²) in [6, 6.07) is 19.1. The normalized spacial score (nSPS) is 23.1. The first-order valence-electron chi connectivity index (χ1n) is 12.3. The van der Waals surface area contributed by atoms with Crippen LogP contribution in [0.5, 0.6) is 11.5 Å². The van der Waals surface area contributed by atoms with Crippen LogP contribution in [0, 0.1) is 0 Å². The van der Waals surface area contributed by atoms with Crippen LogP contribution < -0.4 is 10.1 Å². The van der Waals surface area contributed by atoms with E-state index >= 15 is 0 Å². The van der Waals surface area contributed by atoms with E-state index in [0.717, 1.165) is 0 Å². The number of benzene rings is 3. The molecule has 0 aliphatic carbocycles. The van der Waals surface area contributed by atoms with E-state index in [1.807, 2.05) is 0 Å². The average molecular weight is 580 g/mol. The minimum atomic E-state index is -2.18. The zero-order valence-corrected chi connectivity index (χ0v) is 22.4. The van der Waals surface area contributed by atoms with Gasteiger partial charge >= 0.3 is 11.9 Å². The predicted molar refractivity (Wildman–Crippen MR) is 141 cm³/mol. The molecule has 2 heterocycles. The number of ketones is 1. The molecular formula is C29H26BrNO7. The number of phenolic OH excluding ortho intramolecular Hbond substituents is 1. The summed E-state index contributed by atoms with van der Waals surface area (Å²) in [5.74, 6) is -3.31. The number of aromatic hydroxyl groups is 1. The van der Waals surface area contributed by atoms with E-state index in [-0.39, 0.29) is 24.5 Å². The molecule has 9 heteroatoms. The highest BCUT2D eigenvalue weighted by atomic mass is 79.9. The van der Waals surface area contributed by atoms with E-state index < -0.39 is 40.8 Å². The lowest BCUT2D eigenvalue weighted by molar-refractivity contribution is -0.167. The lowest BCUT2D eigenvalue weighted by Crippen LogP contribution is -2.61. The Hall–Kier alpha value is -3.69. The van der Waals surface area contributed by atoms with Gasteiger partial charge in [0.1, 0.15) is 11.5 Å². The van der Waals surface area contributed by atoms with Crippen LogP contribution in [0.2, 0.25) is 0 Å². The van der Waals surface area contributed by atoms with Gasteiger partial charge in [0.2, 0.25) is 16.9 Å². The van der Waals surface area contributed by atoms with Crippen LogP contribution in [0.15, 0.2) is 77.3 Å². The lowest BCUT2D eigenvalue weighted by Gasteiger charge is -2.37. The number of fused-ring (bicyclic) bond motifs is 1. The van der Waals surface area contributed by atoms with Crippen molar-refractivity contribution in [1.82, 2.24) is 5.32 Å². The van der Waals surface area contributed by atoms with Crippen LogP contribution in [0.3, 0.4) is 0 Å². The molecule has 1 spiro atoms. The second kappa shape index (κ2) is 9.89. The number of nitrogens with one attached hydrogen (secondary N) is 1. The topological polar surface area (TPSA) is 111 Å². The zero-order chi connectivity index (χ0) is 27.1. The van der Waals surface area contributed by atoms with Gasteiger partial charge in [0.15, 0.2) is 0 Å². The number of carbonyl (C=O) groups is 3. The Labute approximate surface area is 228 Å². The Balaban J connectivity index is 1.88. The maximum Gasteiger partial charge on any atom is 0.338 e. The van der Waals surface area contributed by atoms with Crippen molar-refractivity contribution in [3.05, 3.63) is 94.0 Å². The van der Waals surface area contributed by atoms with Crippen LogP contribution >= 0.6 is 15.9 Å². The summed E-state index contributed by atoms with van der Waals surface area (Å²) in [5, 5.41) is 14.1. The van der Waals surface area contributed by atoms with Gasteiger partial charge < -0.3 is 19.3 Å². The fourth-order valence-electron chi connectivity index (χ4n) is 5.60. The number of rotatable bonds is 6. The van der Waals surface area contributed by atoms with Gasteiger partial charge in [-0.2, -0.15) is 0 Å². The van der Waals surface area contributed by atoms with Gasteiger partial charge in [-0.3, -0.25) is 10.1 Å². The number of hydrogen-bond acceptors (Lipinski definition) is 8. The zero-order valence-electron chi connectivity index (χ0n) is 20.8. The molecule has 0 radical (unpaired) electrons. The summed E-state index contributed by atoms with van der Waals surface area (Å²) in [4.78, 5) is 42.3. The summed E-state index contributed by atoms with van der Waals surface area (Å²) in [6.07, 6.45) is 0. The minimum Gasteiger partial charge on any atom is -0.508 e. The van der Waals surface area contributed by atoms with Gasteiger partial charge in [0.05, 0.1) is 30.7 Å². The average Bonchev–Trinajstić information content (AvgIpc) is 3.39. The second-order valence-corrected chi connectivity index (χ2v) is 10.0. The maximum absolute atomic E-state index is 14.5. The number of carbonyl (C=O) groups excluding carboxylic acids is 3. The van der Waals surface area contributed by atoms with Gasteiger partial charge in [-0.25, -0.2) is 9.59 Å². The van der Waals surface area contributed by atoms with Gasteiger partial charge in [-0.05, 0) is 49.7 Å². The fraction of sp³-hybridized carbons (Fsp3) is 0.276. The molecule has 0 aromatic heterocycles. The first-order valence-corrected chi connectivity index (χ1v) is 13.1. The molecule has 8 nitrogen and oxygen atoms in total. The number of esters is 2. The molecule has 5 rings (SSSR count). The smallest absolute Gasteiger partial charge is 0.338 e. The third kappa shape index (κ3) is 3.72. The Morgan fingerprint density at radius 1 is 0.974 bits per heavy atom. The molecule has 0 unspecified atom stereocenters. The van der Waals surface area contributed by atoms with Gasteiger partial charge in [-0.15, -0.1) is 0 Å². The molecular weight excluding hydrogens is 554 g/mol. The van der Waals surface area contributed by atoms with E-state index in [2.05, 4.69) is 21.2 Å². The highest BCUT2D eigenvalue weighted by molar-refractivity contribution is 9.10. The molecule has 2 aliphatic heterocycles. The van der Waals surface area contributed by atoms with Crippen LogP contribution in [-0.2, 0) is 19.1 Å². The Morgan fingerprint density at radius 3 is 2.24 bits per heavy atom. The molecule has 0 bridgehead atoms. The van der Waals surface area contributed by atoms with Crippen LogP contribution in [0.1, 0.15) is 47.3 Å². The molecule has 2 N–H and O–H groups in total. The summed E-state index contributed by atoms with van der Waals surface area (Å²) in [7, 11) is 0. The van der Waals surface area contributed by atoms with Crippen molar-refractivity contribution < 1.29 is 33.7 Å². The van der Waals surface area contributed by atoms with Crippen LogP contribution in [0.4, 0.5) is 0 Å². The first kappa shape index (κ1) is 25.9. The standard InChI is InChI=1S/C29H26BrNO7/c1-3-36-26(34)28(27(35)37-4-2)23(17-10-6-5-7-11-17)29(25(33)19-12-8-9-13-22(19)38-29)24(31-28)20-16-18(30)14-15-21(20)32/h5-16,23-24,31-32H,3-4H2,1-2H3/t23-,24-,29-/m1/s1. The summed E-state index contributed by atoms with van der Waals surface area (Å²) in [6.45, 7) is 3.23. The summed E-state index contributed by atoms with van der Waals surface area (Å²) >= 11 is 3.43. The summed E-state index contributed by atoms with van der Waals surface area (Å²) in [5.41, 5.74) is -2.98. The van der Waals surface area contributed by atoms with Crippen molar-refractivity contribution in [2.75, 3.05) is 13.2 Å². The third-order valence-electron chi connectivity index (χ3n) is 7.06. The molecule has 38 heavy (non-hydrogen) atoms. The number of para-hydroxylation sites is 1. The van der Waals surface area contributed by atoms with Gasteiger partial charge in [-0.1, -0.05) is 58.4 Å². The number of Topliss-reactive ketones (excluding diaryl/α,β-unsaturated/α-hetero) is 1. The largest absolute Gasteiger partial charge is 0.508 e. The van der Waals surface area contributed by atoms with Crippen LogP contribution in [-0.4, -0.2) is 47.2 Å². The monoisotopic (exact) mass is 579 g/mol. The molecule has 0 saturated carbocycles. The molecule has 196 valence electrons. The van der Waals surface area contributed by atoms with E-state index in [0.29, 0.717) is 21.3 Å². The van der Waals surface area contributed by atoms with Crippen molar-refractivity contribution >= 4 is 33.7 Å². The number of halogens is 1. The minimum absolute atomic E-state index is 0.0159. The number of phenols is 1. The van der Waals surface area contributed by atoms with E-state index in [1.165, 1.54) is 6.07 Å². The quantitative estimate of drug-likeness (QED) is 0.325. The Bertz CT molecular complexity index is 1390. The molecule has 1 saturated heterocycles. The number of ether oxygens (including phenoxy) is 3. The van der Waals surface area contributed by atoms with Crippen molar-refractivity contribution in [1.29, 1.82) is 0 Å². The molecule has 3 aromatic rings. The molecule has 1 fully saturated rings. The number of hydrogen-bond donors (Lipinski definition) is 2. The van der Waals surface area contributed by atoms with Crippen molar-refractivity contribution in [3.63, 3.8) is 0 Å². The van der Waals surface area contributed by atoms with Crippen LogP contribution in [0.25, 0.3) is 0 Å². The van der Waals surface area contributed by atoms with Gasteiger partial charge in [0, 0.05) is 10.0 Å². The van der Waals surface area contributed by atoms with Crippen molar-refractivity contribution in [3.8, 4) is 11.5 Å². The summed E-state index contributed by atoms with van der Waals surface area (Å²) < 4.78 is 18.1. The highest BCUT2D eigenvalue weighted by Gasteiger charge is 2.77. The van der Waals surface area contributed by atoms with Gasteiger partial charge in [0.25, 0.3) is 0 Å². The van der Waals surface area contributed by atoms with Crippen molar-refractivity contribution in [2.45, 2.75) is 36.9 Å². The fourth-order valence-corrected chi connectivity index (χ4v) is 5.98. The first-order chi connectivity index (χ1) is 18.3. The SMILES string of the molecule is CCOC(=O)C1(C(=O)OCC)N[C@H](c2cc(Br)ccc2O)[C@]2(Oc3ccccc3C2=O)[C@@H]1c1ccccc1. The van der Waals surface area contributed by atoms with Crippen molar-refractivity contribution in [2.24, 2.45) is 0 Å². The Kier molecular flexibility index (Phi) is 6.75. The maximum atomic E-state index is 14.5. The molecule has 2 aliphatic rings. The highest BCUT2D eigenvalue weighted by Crippen LogP contribution is 2.59.